The molecule has 141 heavy (non-hydrogen) atoms. The number of hydroxylamine groups is 1. The van der Waals surface area contributed by atoms with Crippen LogP contribution in [0.3, 0.4) is 0 Å². The summed E-state index contributed by atoms with van der Waals surface area (Å²) in [5.41, 5.74) is 101. The number of nitrogens with one attached hydrogen (secondary N) is 8. The largest absolute Gasteiger partial charge is 0.480 e. The maximum atomic E-state index is 11.2. The van der Waals surface area contributed by atoms with E-state index in [1.165, 1.54) is 37.4 Å². The van der Waals surface area contributed by atoms with E-state index in [9.17, 15) is 67.1 Å². The fourth-order valence-electron chi connectivity index (χ4n) is 9.03. The van der Waals surface area contributed by atoms with Gasteiger partial charge in [0, 0.05) is 91.4 Å². The van der Waals surface area contributed by atoms with Gasteiger partial charge in [-0.25, -0.2) is 20.1 Å². The molecule has 64 heteroatoms. The van der Waals surface area contributed by atoms with E-state index in [4.69, 9.17) is 170 Å². The Labute approximate surface area is 812 Å². The van der Waals surface area contributed by atoms with Gasteiger partial charge >= 0.3 is 65.7 Å². The van der Waals surface area contributed by atoms with E-state index in [2.05, 4.69) is 105 Å². The van der Waals surface area contributed by atoms with Gasteiger partial charge in [-0.2, -0.15) is 0 Å². The van der Waals surface area contributed by atoms with Gasteiger partial charge in [0.25, 0.3) is 12.9 Å². The third-order valence-corrected chi connectivity index (χ3v) is 16.1. The van der Waals surface area contributed by atoms with Crippen LogP contribution in [-0.4, -0.2) is 352 Å². The van der Waals surface area contributed by atoms with Gasteiger partial charge in [0.2, 0.25) is 11.9 Å². The number of carboxylic acids is 11. The SMILES string of the molecule is C=CCNC(N)=NCCCC(N)C(=O)O.C=CNC(N)=NCCCC(N)C(=O)O.CC(NC(CCCN=C(N)N)C(=O)O)C(=O)O.CCNC(N)=NCCCC(N)C(=O)O.NC(=NCCCC(N)C(=O)O)NO.NC(N)=NCCCC(NC(CCOC=O)C(=O)O)C(=O)O.NC(N)=NCCCC(NCCOC=O)C(=O)O.NC(N)=Nc1ccc(C(=O)O)cc1.NCCC(=O)NC(CCCN=C(N)N)C(=O)O. The molecule has 10 unspecified atom stereocenters. The second kappa shape index (κ2) is 93.4. The zero-order valence-electron chi connectivity index (χ0n) is 78.8. The number of rotatable bonds is 64. The number of carboxylic acid groups (broad SMARTS) is 11. The molecule has 0 aliphatic carbocycles. The van der Waals surface area contributed by atoms with Crippen LogP contribution in [0.25, 0.3) is 0 Å². The molecule has 10 atom stereocenters. The number of carbonyl (C=O) groups excluding carboxylic acids is 3. The van der Waals surface area contributed by atoms with E-state index in [-0.39, 0.29) is 125 Å². The van der Waals surface area contributed by atoms with Gasteiger partial charge < -0.3 is 201 Å². The Bertz CT molecular complexity index is 4020. The molecule has 0 aliphatic rings. The minimum atomic E-state index is -1.22. The fraction of sp³-hybridized carbons (Fsp3) is 0.571. The molecular weight excluding hydrogens is 1880 g/mol. The first kappa shape index (κ1) is 141. The van der Waals surface area contributed by atoms with Crippen molar-refractivity contribution in [1.82, 2.24) is 42.7 Å². The Hall–Kier alpha value is -15.6. The summed E-state index contributed by atoms with van der Waals surface area (Å²) in [6.07, 6.45) is 9.94. The molecule has 0 fully saturated rings. The Morgan fingerprint density at radius 1 is 0.397 bits per heavy atom. The van der Waals surface area contributed by atoms with Crippen LogP contribution < -0.4 is 152 Å². The van der Waals surface area contributed by atoms with Crippen LogP contribution >= 0.6 is 0 Å². The van der Waals surface area contributed by atoms with Crippen molar-refractivity contribution in [3.8, 4) is 0 Å². The van der Waals surface area contributed by atoms with Gasteiger partial charge in [-0.05, 0) is 147 Å². The van der Waals surface area contributed by atoms with E-state index in [1.54, 1.807) is 11.6 Å². The van der Waals surface area contributed by atoms with E-state index in [1.807, 2.05) is 6.92 Å². The maximum absolute atomic E-state index is 11.2. The first-order valence-corrected chi connectivity index (χ1v) is 42.5. The number of hydrogen-bond donors (Lipinski definition) is 39. The number of nitrogens with two attached hydrogens (primary N) is 19. The molecule has 64 nitrogen and oxygen atoms in total. The lowest BCUT2D eigenvalue weighted by atomic mass is 10.1. The molecule has 58 N–H and O–H groups in total. The van der Waals surface area contributed by atoms with Gasteiger partial charge in [-0.1, -0.05) is 12.7 Å². The van der Waals surface area contributed by atoms with Crippen molar-refractivity contribution in [2.75, 3.05) is 91.8 Å². The molecule has 806 valence electrons. The van der Waals surface area contributed by atoms with Crippen LogP contribution in [-0.2, 0) is 71.8 Å². The highest BCUT2D eigenvalue weighted by atomic mass is 16.5. The Balaban J connectivity index is -0.000000236. The number of aliphatic carboxylic acids is 10. The lowest BCUT2D eigenvalue weighted by Crippen LogP contribution is -2.47. The van der Waals surface area contributed by atoms with E-state index >= 15 is 0 Å². The molecule has 0 heterocycles. The zero-order valence-corrected chi connectivity index (χ0v) is 78.8. The van der Waals surface area contributed by atoms with Crippen molar-refractivity contribution in [2.24, 2.45) is 154 Å². The van der Waals surface area contributed by atoms with E-state index in [0.717, 1.165) is 6.54 Å². The van der Waals surface area contributed by atoms with Crippen molar-refractivity contribution >= 4 is 144 Å². The van der Waals surface area contributed by atoms with Crippen molar-refractivity contribution in [1.29, 1.82) is 0 Å². The molecule has 0 saturated carbocycles. The smallest absolute Gasteiger partial charge is 0.335 e. The summed E-state index contributed by atoms with van der Waals surface area (Å²) in [7, 11) is 0. The molecule has 1 rings (SSSR count). The predicted octanol–water partition coefficient (Wildman–Crippen LogP) is -10.8. The summed E-state index contributed by atoms with van der Waals surface area (Å²) in [6, 6.07) is -3.02. The number of aliphatic imine (C=N–C) groups is 9. The molecule has 1 aromatic rings. The Morgan fingerprint density at radius 3 is 1.04 bits per heavy atom. The third-order valence-electron chi connectivity index (χ3n) is 16.1. The van der Waals surface area contributed by atoms with Crippen molar-refractivity contribution in [2.45, 2.75) is 190 Å². The maximum Gasteiger partial charge on any atom is 0.335 e. The summed E-state index contributed by atoms with van der Waals surface area (Å²) in [5.74, 6) is -11.3. The number of guanidine groups is 9. The summed E-state index contributed by atoms with van der Waals surface area (Å²) < 4.78 is 8.83. The van der Waals surface area contributed by atoms with Crippen LogP contribution in [0.1, 0.15) is 140 Å². The number of benzene rings is 1. The summed E-state index contributed by atoms with van der Waals surface area (Å²) in [6.45, 7) is 15.6. The molecule has 0 spiro atoms. The molecule has 1 aromatic carbocycles. The highest BCUT2D eigenvalue weighted by molar-refractivity contribution is 5.89. The average molecular weight is 2030 g/mol. The zero-order chi connectivity index (χ0) is 110. The van der Waals surface area contributed by atoms with Crippen LogP contribution in [0, 0.1) is 0 Å². The monoisotopic (exact) mass is 2030 g/mol. The van der Waals surface area contributed by atoms with Crippen LogP contribution in [0.15, 0.2) is 94.6 Å². The normalized spacial score (nSPS) is 12.6. The number of aromatic carboxylic acids is 1. The summed E-state index contributed by atoms with van der Waals surface area (Å²) in [5, 5.41) is 122. The fourth-order valence-corrected chi connectivity index (χ4v) is 9.03. The quantitative estimate of drug-likeness (QED) is 0.00719. The number of carbonyl (C=O) groups is 14. The number of nitrogens with zero attached hydrogens (tertiary/aromatic N) is 9. The predicted molar refractivity (Wildman–Crippen MR) is 523 cm³/mol. The highest BCUT2D eigenvalue weighted by Crippen LogP contribution is 2.13. The van der Waals surface area contributed by atoms with Crippen molar-refractivity contribution in [3.05, 3.63) is 55.3 Å². The topological polar surface area (TPSA) is 1200 Å². The molecule has 0 aromatic heterocycles. The minimum Gasteiger partial charge on any atom is -0.480 e. The standard InChI is InChI=1S/C11H20N4O6.C9H19N5O3.2C9H18N4O4.C9H18N4O2.C8H18N4O2.C8H16N4O2.C8H9N3O2.C6H14N4O3/c12-11(13)14-4-1-2-7(9(17)18)15-8(10(19)20)3-5-21-6-16;10-4-3-7(15)14-6(8(16)17)2-1-5-13-9(11)12;1-5(7(14)15)13-6(8(16)17)3-2-4-12-9(10)11;10-9(11)13-3-1-2-7(8(15)16)12-4-5-17-6-14;1-2-5-12-9(11)13-6-3-4-7(10)8(14)15;2*1-2-11-8(10)12-5-3-4-6(9)7(13)14;9-8(10)11-6-3-1-5(2-4-6)7(12)13;7-4(5(11)12)2-1-3-9-6(8)10-13/h6-8,15H,1-5H2,(H,17,18)(H,19,20)(H4,12,13,14);6H,1-5,10H2,(H,14,15)(H,16,17)(H4,11,12,13);5-6,13H,2-4H2,1H3,(H,14,15)(H,16,17)(H4,10,11,12);6-7,12H,1-5H2,(H,15,16)(H4,10,11,13);2,7H,1,3-6,10H2,(H,14,15)(H3,11,12,13);6H,2-5,9H2,1H3,(H,13,14)(H3,10,11,12);2,6H,1,3-5,9H2,(H,13,14)(H3,10,11,12);1-4H,(H,12,13)(H4,9,10,11);4,13H,1-3,7H2,(H,11,12)(H3,8,9,10). The Kier molecular flexibility index (Phi) is 93.2. The van der Waals surface area contributed by atoms with Crippen molar-refractivity contribution < 1.29 is 138 Å². The van der Waals surface area contributed by atoms with Gasteiger partial charge in [0.05, 0.1) is 17.9 Å². The third kappa shape index (κ3) is 100. The number of amides is 1. The van der Waals surface area contributed by atoms with E-state index < -0.39 is 126 Å². The lowest BCUT2D eigenvalue weighted by Gasteiger charge is -2.19. The van der Waals surface area contributed by atoms with Crippen LogP contribution in [0.2, 0.25) is 0 Å². The van der Waals surface area contributed by atoms with Crippen molar-refractivity contribution in [3.63, 3.8) is 0 Å². The molecule has 0 aliphatic heterocycles. The van der Waals surface area contributed by atoms with E-state index in [0.29, 0.717) is 160 Å². The number of ether oxygens (including phenoxy) is 2. The summed E-state index contributed by atoms with van der Waals surface area (Å²) in [4.78, 5) is 182. The van der Waals surface area contributed by atoms with Gasteiger partial charge in [0.1, 0.15) is 67.0 Å². The molecule has 0 saturated heterocycles. The molecule has 1 amide bonds. The molecular formula is C77H150N36O28. The average Bonchev–Trinajstić information content (AvgIpc) is 0.889. The first-order chi connectivity index (χ1) is 66.2. The minimum absolute atomic E-state index is 0.00998. The highest BCUT2D eigenvalue weighted by Gasteiger charge is 2.27. The molecule has 0 bridgehead atoms. The van der Waals surface area contributed by atoms with Gasteiger partial charge in [-0.15, -0.1) is 6.58 Å². The van der Waals surface area contributed by atoms with Gasteiger partial charge in [-0.3, -0.25) is 113 Å². The summed E-state index contributed by atoms with van der Waals surface area (Å²) >= 11 is 0. The molecule has 0 radical (unpaired) electrons. The first-order valence-electron chi connectivity index (χ1n) is 42.5. The van der Waals surface area contributed by atoms with Crippen LogP contribution in [0.5, 0.6) is 0 Å². The lowest BCUT2D eigenvalue weighted by molar-refractivity contribution is -0.145. The van der Waals surface area contributed by atoms with Gasteiger partial charge in [0.15, 0.2) is 47.7 Å². The second-order valence-electron chi connectivity index (χ2n) is 27.9. The van der Waals surface area contributed by atoms with Crippen LogP contribution in [0.4, 0.5) is 5.69 Å². The number of hydrogen-bond acceptors (Lipinski definition) is 34. The second-order valence-corrected chi connectivity index (χ2v) is 27.9. The Morgan fingerprint density at radius 2 is 0.723 bits per heavy atom.